The number of nitro groups is 1. The molecule has 2 N–H and O–H groups in total. The Labute approximate surface area is 116 Å². The first-order valence-electron chi connectivity index (χ1n) is 6.45. The van der Waals surface area contributed by atoms with Gasteiger partial charge in [-0.1, -0.05) is 6.07 Å². The zero-order chi connectivity index (χ0) is 14.7. The van der Waals surface area contributed by atoms with Crippen molar-refractivity contribution in [3.63, 3.8) is 0 Å². The maximum Gasteiger partial charge on any atom is 0.342 e. The number of likely N-dealkylation sites (N-methyl/N-ethyl adjacent to an activating group) is 1. The van der Waals surface area contributed by atoms with Gasteiger partial charge >= 0.3 is 11.7 Å². The largest absolute Gasteiger partial charge is 0.477 e. The number of anilines is 1. The Morgan fingerprint density at radius 3 is 2.90 bits per heavy atom. The van der Waals surface area contributed by atoms with Crippen molar-refractivity contribution in [1.29, 1.82) is 0 Å². The van der Waals surface area contributed by atoms with Gasteiger partial charge in [0.25, 0.3) is 0 Å². The number of carbonyl (C=O) groups is 1. The van der Waals surface area contributed by atoms with Gasteiger partial charge < -0.3 is 15.3 Å². The Morgan fingerprint density at radius 2 is 2.35 bits per heavy atom. The summed E-state index contributed by atoms with van der Waals surface area (Å²) in [5.41, 5.74) is -0.407. The molecule has 2 rings (SSSR count). The average molecular weight is 279 g/mol. The highest BCUT2D eigenvalue weighted by molar-refractivity contribution is 5.95. The minimum Gasteiger partial charge on any atom is -0.477 e. The molecule has 0 spiro atoms. The number of hydrogen-bond acceptors (Lipinski definition) is 5. The van der Waals surface area contributed by atoms with E-state index in [1.54, 1.807) is 6.07 Å². The van der Waals surface area contributed by atoms with E-state index in [4.69, 9.17) is 5.11 Å². The molecule has 0 aliphatic carbocycles. The first kappa shape index (κ1) is 14.3. The molecule has 1 fully saturated rings. The number of nitrogens with zero attached hydrogens (tertiary/aromatic N) is 2. The maximum atomic E-state index is 11.1. The van der Waals surface area contributed by atoms with Crippen LogP contribution in [0, 0.1) is 10.1 Å². The number of benzene rings is 1. The van der Waals surface area contributed by atoms with E-state index < -0.39 is 10.9 Å². The average Bonchev–Trinajstić information content (AvgIpc) is 2.81. The Bertz CT molecular complexity index is 532. The van der Waals surface area contributed by atoms with Crippen LogP contribution in [0.15, 0.2) is 18.2 Å². The fraction of sp³-hybridized carbons (Fsp3) is 0.462. The number of aromatic carboxylic acids is 1. The van der Waals surface area contributed by atoms with Crippen LogP contribution >= 0.6 is 0 Å². The van der Waals surface area contributed by atoms with Gasteiger partial charge in [0, 0.05) is 12.6 Å². The molecule has 1 aromatic rings. The molecule has 20 heavy (non-hydrogen) atoms. The van der Waals surface area contributed by atoms with Gasteiger partial charge in [-0.3, -0.25) is 10.1 Å². The highest BCUT2D eigenvalue weighted by atomic mass is 16.6. The van der Waals surface area contributed by atoms with E-state index in [1.807, 2.05) is 7.05 Å². The van der Waals surface area contributed by atoms with Crippen molar-refractivity contribution in [3.05, 3.63) is 33.9 Å². The van der Waals surface area contributed by atoms with Crippen molar-refractivity contribution in [3.8, 4) is 0 Å². The second-order valence-electron chi connectivity index (χ2n) is 4.92. The summed E-state index contributed by atoms with van der Waals surface area (Å²) in [6.07, 6.45) is 2.15. The molecular weight excluding hydrogens is 262 g/mol. The molecule has 7 nitrogen and oxygen atoms in total. The molecule has 0 bridgehead atoms. The summed E-state index contributed by atoms with van der Waals surface area (Å²) in [7, 11) is 2.02. The van der Waals surface area contributed by atoms with Gasteiger partial charge in [0.15, 0.2) is 0 Å². The minimum absolute atomic E-state index is 0.259. The summed E-state index contributed by atoms with van der Waals surface area (Å²) in [5.74, 6) is -1.29. The molecule has 1 saturated heterocycles. The molecule has 0 saturated carbocycles. The first-order chi connectivity index (χ1) is 9.50. The molecule has 0 radical (unpaired) electrons. The highest BCUT2D eigenvalue weighted by Crippen LogP contribution is 2.29. The van der Waals surface area contributed by atoms with Gasteiger partial charge in [-0.25, -0.2) is 4.79 Å². The van der Waals surface area contributed by atoms with E-state index in [2.05, 4.69) is 10.2 Å². The second-order valence-corrected chi connectivity index (χ2v) is 4.92. The lowest BCUT2D eigenvalue weighted by molar-refractivity contribution is -0.384. The zero-order valence-corrected chi connectivity index (χ0v) is 11.2. The molecule has 1 aromatic carbocycles. The number of carboxylic acid groups (broad SMARTS) is 1. The summed E-state index contributed by atoms with van der Waals surface area (Å²) in [5, 5.41) is 23.1. The predicted octanol–water partition coefficient (Wildman–Crippen LogP) is 1.80. The number of hydrogen-bond donors (Lipinski definition) is 2. The van der Waals surface area contributed by atoms with Gasteiger partial charge in [0.2, 0.25) is 0 Å². The second kappa shape index (κ2) is 5.87. The molecule has 7 heteroatoms. The van der Waals surface area contributed by atoms with Gasteiger partial charge in [-0.2, -0.15) is 0 Å². The third kappa shape index (κ3) is 2.88. The van der Waals surface area contributed by atoms with Gasteiger partial charge in [-0.15, -0.1) is 0 Å². The van der Waals surface area contributed by atoms with Crippen molar-refractivity contribution >= 4 is 17.3 Å². The Morgan fingerprint density at radius 1 is 1.60 bits per heavy atom. The van der Waals surface area contributed by atoms with Crippen molar-refractivity contribution in [2.75, 3.05) is 25.5 Å². The van der Waals surface area contributed by atoms with Crippen LogP contribution in [0.5, 0.6) is 0 Å². The van der Waals surface area contributed by atoms with Crippen LogP contribution < -0.4 is 5.32 Å². The fourth-order valence-electron chi connectivity index (χ4n) is 2.52. The third-order valence-corrected chi connectivity index (χ3v) is 3.65. The third-order valence-electron chi connectivity index (χ3n) is 3.65. The van der Waals surface area contributed by atoms with E-state index in [0.717, 1.165) is 19.4 Å². The van der Waals surface area contributed by atoms with Crippen molar-refractivity contribution < 1.29 is 14.8 Å². The van der Waals surface area contributed by atoms with E-state index >= 15 is 0 Å². The van der Waals surface area contributed by atoms with E-state index in [1.165, 1.54) is 12.1 Å². The summed E-state index contributed by atoms with van der Waals surface area (Å²) in [4.78, 5) is 23.7. The summed E-state index contributed by atoms with van der Waals surface area (Å²) < 4.78 is 0. The van der Waals surface area contributed by atoms with Gasteiger partial charge in [0.05, 0.1) is 4.92 Å². The van der Waals surface area contributed by atoms with Gasteiger partial charge in [-0.05, 0) is 38.6 Å². The quantitative estimate of drug-likeness (QED) is 0.630. The molecule has 0 aromatic heterocycles. The normalized spacial score (nSPS) is 18.9. The molecule has 108 valence electrons. The van der Waals surface area contributed by atoms with Crippen LogP contribution in [0.3, 0.4) is 0 Å². The molecule has 0 amide bonds. The lowest BCUT2D eigenvalue weighted by Crippen LogP contribution is -2.31. The first-order valence-corrected chi connectivity index (χ1v) is 6.45. The Hall–Kier alpha value is -2.15. The van der Waals surface area contributed by atoms with Crippen molar-refractivity contribution in [2.24, 2.45) is 0 Å². The molecular formula is C13H17N3O4. The van der Waals surface area contributed by atoms with Crippen molar-refractivity contribution in [1.82, 2.24) is 4.90 Å². The molecule has 1 aliphatic rings. The summed E-state index contributed by atoms with van der Waals surface area (Å²) >= 11 is 0. The number of carboxylic acids is 1. The number of rotatable bonds is 5. The maximum absolute atomic E-state index is 11.1. The SMILES string of the molecule is CN1CCCC1CNc1cccc(C(=O)O)c1[N+](=O)[O-]. The van der Waals surface area contributed by atoms with E-state index in [0.29, 0.717) is 12.6 Å². The van der Waals surface area contributed by atoms with Crippen molar-refractivity contribution in [2.45, 2.75) is 18.9 Å². The summed E-state index contributed by atoms with van der Waals surface area (Å²) in [6.45, 7) is 1.59. The lowest BCUT2D eigenvalue weighted by atomic mass is 10.1. The topological polar surface area (TPSA) is 95.7 Å². The molecule has 1 unspecified atom stereocenters. The van der Waals surface area contributed by atoms with Crippen LogP contribution in [0.1, 0.15) is 23.2 Å². The number of para-hydroxylation sites is 1. The van der Waals surface area contributed by atoms with Crippen LogP contribution in [0.25, 0.3) is 0 Å². The van der Waals surface area contributed by atoms with Crippen LogP contribution in [-0.2, 0) is 0 Å². The van der Waals surface area contributed by atoms with Gasteiger partial charge in [0.1, 0.15) is 11.3 Å². The monoisotopic (exact) mass is 279 g/mol. The van der Waals surface area contributed by atoms with Crippen LogP contribution in [-0.4, -0.2) is 47.1 Å². The minimum atomic E-state index is -1.29. The summed E-state index contributed by atoms with van der Waals surface area (Å²) in [6, 6.07) is 4.62. The van der Waals surface area contributed by atoms with E-state index in [9.17, 15) is 14.9 Å². The molecule has 1 aliphatic heterocycles. The Balaban J connectivity index is 2.20. The Kier molecular flexibility index (Phi) is 4.19. The fourth-order valence-corrected chi connectivity index (χ4v) is 2.52. The highest BCUT2D eigenvalue weighted by Gasteiger charge is 2.26. The predicted molar refractivity (Wildman–Crippen MR) is 74.2 cm³/mol. The number of likely N-dealkylation sites (tertiary alicyclic amines) is 1. The lowest BCUT2D eigenvalue weighted by Gasteiger charge is -2.20. The standard InChI is InChI=1S/C13H17N3O4/c1-15-7-3-4-9(15)8-14-11-6-2-5-10(13(17)18)12(11)16(19)20/h2,5-6,9,14H,3-4,7-8H2,1H3,(H,17,18). The number of nitrogens with one attached hydrogen (secondary N) is 1. The smallest absolute Gasteiger partial charge is 0.342 e. The van der Waals surface area contributed by atoms with Crippen LogP contribution in [0.4, 0.5) is 11.4 Å². The molecule has 1 atom stereocenters. The van der Waals surface area contributed by atoms with E-state index in [-0.39, 0.29) is 16.9 Å². The number of nitro benzene ring substituents is 1. The van der Waals surface area contributed by atoms with Crippen LogP contribution in [0.2, 0.25) is 0 Å². The molecule has 1 heterocycles. The zero-order valence-electron chi connectivity index (χ0n) is 11.2.